The topological polar surface area (TPSA) is 70.3 Å². The van der Waals surface area contributed by atoms with E-state index in [0.29, 0.717) is 35.2 Å². The Balaban J connectivity index is 1.86. The Labute approximate surface area is 182 Å². The molecular formula is C22H13F6N5. The number of fused-ring (bicyclic) bond motifs is 2. The summed E-state index contributed by atoms with van der Waals surface area (Å²) >= 11 is 0. The minimum absolute atomic E-state index is 0.0138. The van der Waals surface area contributed by atoms with Gasteiger partial charge in [-0.25, -0.2) is 18.2 Å². The van der Waals surface area contributed by atoms with Crippen LogP contribution in [0.2, 0.25) is 0 Å². The van der Waals surface area contributed by atoms with E-state index < -0.39 is 46.8 Å². The molecule has 1 atom stereocenters. The Kier molecular flexibility index (Phi) is 4.67. The first kappa shape index (κ1) is 21.0. The number of aromatic nitrogens is 2. The van der Waals surface area contributed by atoms with Gasteiger partial charge in [-0.05, 0) is 36.4 Å². The van der Waals surface area contributed by atoms with Crippen molar-refractivity contribution in [3.05, 3.63) is 88.7 Å². The summed E-state index contributed by atoms with van der Waals surface area (Å²) in [7, 11) is 0. The lowest BCUT2D eigenvalue weighted by Gasteiger charge is -2.33. The number of nitrogens with zero attached hydrogens (tertiary/aromatic N) is 3. The Hall–Kier alpha value is -3.86. The maximum atomic E-state index is 14.7. The number of halogens is 6. The van der Waals surface area contributed by atoms with Crippen LogP contribution in [0.25, 0.3) is 10.9 Å². The maximum Gasteiger partial charge on any atom is 0.417 e. The highest BCUT2D eigenvalue weighted by atomic mass is 19.4. The number of hydrogen-bond acceptors (Lipinski definition) is 4. The first-order valence-electron chi connectivity index (χ1n) is 9.58. The zero-order chi connectivity index (χ0) is 23.5. The second-order valence-electron chi connectivity index (χ2n) is 7.33. The first-order valence-corrected chi connectivity index (χ1v) is 9.58. The molecule has 11 heteroatoms. The molecule has 1 aliphatic heterocycles. The van der Waals surface area contributed by atoms with E-state index in [-0.39, 0.29) is 17.1 Å². The van der Waals surface area contributed by atoms with Crippen LogP contribution in [0.4, 0.5) is 37.8 Å². The van der Waals surface area contributed by atoms with E-state index in [1.54, 1.807) is 24.3 Å². The molecule has 2 heterocycles. The minimum atomic E-state index is -4.87. The minimum Gasteiger partial charge on any atom is -0.306 e. The standard InChI is InChI=1S/C22H13F6N5/c23-10-5-6-14(22(26,27)28)13(7-10)20-30-19(29)18-15(25)8-11(24)9-17(18)33(20)21-12-3-1-2-4-16(12)31-32-21/h1-9,19H,29H2,(H,31,32). The average molecular weight is 461 g/mol. The van der Waals surface area contributed by atoms with Crippen molar-refractivity contribution >= 4 is 28.2 Å². The molecule has 0 aliphatic carbocycles. The summed E-state index contributed by atoms with van der Waals surface area (Å²) in [4.78, 5) is 5.13. The van der Waals surface area contributed by atoms with E-state index in [1.165, 1.54) is 0 Å². The number of aromatic amines is 1. The third-order valence-corrected chi connectivity index (χ3v) is 5.27. The molecular weight excluding hydrogens is 448 g/mol. The largest absolute Gasteiger partial charge is 0.417 e. The van der Waals surface area contributed by atoms with Crippen molar-refractivity contribution in [1.29, 1.82) is 0 Å². The molecule has 33 heavy (non-hydrogen) atoms. The van der Waals surface area contributed by atoms with Gasteiger partial charge >= 0.3 is 6.18 Å². The van der Waals surface area contributed by atoms with Crippen LogP contribution in [-0.2, 0) is 6.18 Å². The molecule has 0 spiro atoms. The van der Waals surface area contributed by atoms with E-state index in [1.807, 2.05) is 0 Å². The van der Waals surface area contributed by atoms with E-state index in [0.717, 1.165) is 11.0 Å². The smallest absolute Gasteiger partial charge is 0.306 e. The van der Waals surface area contributed by atoms with Crippen molar-refractivity contribution in [2.24, 2.45) is 10.7 Å². The van der Waals surface area contributed by atoms with Gasteiger partial charge in [0.15, 0.2) is 5.82 Å². The molecule has 1 aromatic heterocycles. The number of H-pyrrole nitrogens is 1. The molecule has 0 saturated heterocycles. The van der Waals surface area contributed by atoms with Crippen molar-refractivity contribution in [1.82, 2.24) is 10.2 Å². The van der Waals surface area contributed by atoms with Crippen molar-refractivity contribution in [2.45, 2.75) is 12.3 Å². The number of amidine groups is 1. The van der Waals surface area contributed by atoms with E-state index in [9.17, 15) is 26.3 Å². The fourth-order valence-corrected chi connectivity index (χ4v) is 3.89. The van der Waals surface area contributed by atoms with Gasteiger partial charge in [0.1, 0.15) is 29.5 Å². The molecule has 1 unspecified atom stereocenters. The fourth-order valence-electron chi connectivity index (χ4n) is 3.89. The van der Waals surface area contributed by atoms with Crippen LogP contribution in [-0.4, -0.2) is 16.0 Å². The lowest BCUT2D eigenvalue weighted by Crippen LogP contribution is -2.36. The Bertz CT molecular complexity index is 1420. The molecule has 0 fully saturated rings. The van der Waals surface area contributed by atoms with Crippen LogP contribution >= 0.6 is 0 Å². The SMILES string of the molecule is NC1N=C(c2cc(F)ccc2C(F)(F)F)N(c2n[nH]c3ccccc23)c2cc(F)cc(F)c21. The summed E-state index contributed by atoms with van der Waals surface area (Å²) in [6.45, 7) is 0. The van der Waals surface area contributed by atoms with E-state index in [2.05, 4.69) is 15.2 Å². The second kappa shape index (κ2) is 7.34. The van der Waals surface area contributed by atoms with E-state index in [4.69, 9.17) is 5.73 Å². The lowest BCUT2D eigenvalue weighted by molar-refractivity contribution is -0.137. The number of aliphatic imine (C=N–C) groups is 1. The van der Waals surface area contributed by atoms with Crippen molar-refractivity contribution in [3.8, 4) is 0 Å². The zero-order valence-corrected chi connectivity index (χ0v) is 16.5. The van der Waals surface area contributed by atoms with Gasteiger partial charge in [-0.1, -0.05) is 12.1 Å². The third kappa shape index (κ3) is 3.41. The fraction of sp³-hybridized carbons (Fsp3) is 0.0909. The molecule has 0 radical (unpaired) electrons. The highest BCUT2D eigenvalue weighted by Crippen LogP contribution is 2.43. The number of benzene rings is 3. The lowest BCUT2D eigenvalue weighted by atomic mass is 9.99. The molecule has 0 saturated carbocycles. The van der Waals surface area contributed by atoms with Crippen LogP contribution in [0.3, 0.4) is 0 Å². The van der Waals surface area contributed by atoms with Crippen molar-refractivity contribution in [3.63, 3.8) is 0 Å². The number of anilines is 2. The number of para-hydroxylation sites is 1. The summed E-state index contributed by atoms with van der Waals surface area (Å²) in [5.74, 6) is -3.42. The molecule has 0 bridgehead atoms. The molecule has 5 rings (SSSR count). The van der Waals surface area contributed by atoms with Crippen LogP contribution in [0.5, 0.6) is 0 Å². The normalized spacial score (nSPS) is 16.2. The molecule has 4 aromatic rings. The predicted octanol–water partition coefficient (Wildman–Crippen LogP) is 5.55. The summed E-state index contributed by atoms with van der Waals surface area (Å²) in [5, 5.41) is 7.31. The summed E-state index contributed by atoms with van der Waals surface area (Å²) in [6, 6.07) is 10.0. The molecule has 3 N–H and O–H groups in total. The summed E-state index contributed by atoms with van der Waals surface area (Å²) in [5.41, 5.74) is 4.20. The zero-order valence-electron chi connectivity index (χ0n) is 16.5. The Morgan fingerprint density at radius 2 is 1.70 bits per heavy atom. The monoisotopic (exact) mass is 461 g/mol. The van der Waals surface area contributed by atoms with Gasteiger partial charge in [-0.15, -0.1) is 0 Å². The van der Waals surface area contributed by atoms with Gasteiger partial charge in [0.2, 0.25) is 0 Å². The summed E-state index contributed by atoms with van der Waals surface area (Å²) < 4.78 is 84.5. The first-order chi connectivity index (χ1) is 15.6. The van der Waals surface area contributed by atoms with E-state index >= 15 is 0 Å². The highest BCUT2D eigenvalue weighted by molar-refractivity contribution is 6.18. The Morgan fingerprint density at radius 1 is 0.939 bits per heavy atom. The number of nitrogens with one attached hydrogen (secondary N) is 1. The van der Waals surface area contributed by atoms with Crippen LogP contribution in [0, 0.1) is 17.5 Å². The van der Waals surface area contributed by atoms with Gasteiger partial charge in [-0.2, -0.15) is 18.3 Å². The van der Waals surface area contributed by atoms with Gasteiger partial charge in [-0.3, -0.25) is 10.00 Å². The highest BCUT2D eigenvalue weighted by Gasteiger charge is 2.39. The molecule has 5 nitrogen and oxygen atoms in total. The van der Waals surface area contributed by atoms with Gasteiger partial charge in [0.05, 0.1) is 22.3 Å². The number of hydrogen-bond donors (Lipinski definition) is 2. The second-order valence-corrected chi connectivity index (χ2v) is 7.33. The maximum absolute atomic E-state index is 14.7. The number of nitrogens with two attached hydrogens (primary N) is 1. The van der Waals surface area contributed by atoms with Gasteiger partial charge < -0.3 is 5.73 Å². The van der Waals surface area contributed by atoms with Gasteiger partial charge in [0, 0.05) is 17.0 Å². The number of alkyl halides is 3. The van der Waals surface area contributed by atoms with Crippen molar-refractivity contribution in [2.75, 3.05) is 4.90 Å². The quantitative estimate of drug-likeness (QED) is 0.385. The predicted molar refractivity (Wildman–Crippen MR) is 109 cm³/mol. The molecule has 1 aliphatic rings. The average Bonchev–Trinajstić information content (AvgIpc) is 3.16. The summed E-state index contributed by atoms with van der Waals surface area (Å²) in [6.07, 6.45) is -6.34. The van der Waals surface area contributed by atoms with Crippen LogP contribution in [0.1, 0.15) is 22.9 Å². The molecule has 0 amide bonds. The third-order valence-electron chi connectivity index (χ3n) is 5.27. The van der Waals surface area contributed by atoms with Gasteiger partial charge in [0.25, 0.3) is 0 Å². The van der Waals surface area contributed by atoms with Crippen molar-refractivity contribution < 1.29 is 26.3 Å². The van der Waals surface area contributed by atoms with Crippen LogP contribution < -0.4 is 10.6 Å². The molecule has 168 valence electrons. The Morgan fingerprint density at radius 3 is 2.45 bits per heavy atom. The number of rotatable bonds is 2. The molecule has 3 aromatic carbocycles. The van der Waals surface area contributed by atoms with Crippen LogP contribution in [0.15, 0.2) is 59.6 Å².